The summed E-state index contributed by atoms with van der Waals surface area (Å²) in [6.07, 6.45) is 3.07. The van der Waals surface area contributed by atoms with Gasteiger partial charge in [0.25, 0.3) is 11.8 Å². The highest BCUT2D eigenvalue weighted by atomic mass is 35.5. The molecule has 1 saturated heterocycles. The van der Waals surface area contributed by atoms with E-state index in [4.69, 9.17) is 11.6 Å². The number of benzene rings is 2. The molecule has 2 heterocycles. The van der Waals surface area contributed by atoms with Crippen LogP contribution < -0.4 is 16.0 Å². The van der Waals surface area contributed by atoms with Gasteiger partial charge in [0.2, 0.25) is 0 Å². The molecule has 31 heavy (non-hydrogen) atoms. The van der Waals surface area contributed by atoms with Gasteiger partial charge in [0.15, 0.2) is 5.54 Å². The summed E-state index contributed by atoms with van der Waals surface area (Å²) < 4.78 is 15.8. The van der Waals surface area contributed by atoms with Crippen LogP contribution in [-0.4, -0.2) is 33.9 Å². The van der Waals surface area contributed by atoms with E-state index in [0.29, 0.717) is 11.1 Å². The first-order valence-electron chi connectivity index (χ1n) is 9.26. The van der Waals surface area contributed by atoms with Gasteiger partial charge in [-0.2, -0.15) is 0 Å². The van der Waals surface area contributed by atoms with Crippen LogP contribution in [0, 0.1) is 5.82 Å². The van der Waals surface area contributed by atoms with E-state index in [1.165, 1.54) is 18.3 Å². The van der Waals surface area contributed by atoms with Crippen LogP contribution in [0.4, 0.5) is 9.18 Å². The van der Waals surface area contributed by atoms with Crippen LogP contribution in [0.5, 0.6) is 0 Å². The van der Waals surface area contributed by atoms with Crippen molar-refractivity contribution in [3.8, 4) is 11.1 Å². The van der Waals surface area contributed by atoms with E-state index in [1.54, 1.807) is 42.1 Å². The second-order valence-corrected chi connectivity index (χ2v) is 7.39. The van der Waals surface area contributed by atoms with Gasteiger partial charge in [-0.15, -0.1) is 0 Å². The third kappa shape index (κ3) is 3.53. The number of carbonyl (C=O) groups excluding carboxylic acids is 3. The molecule has 1 fully saturated rings. The molecule has 4 amide bonds. The van der Waals surface area contributed by atoms with Crippen LogP contribution >= 0.6 is 11.6 Å². The van der Waals surface area contributed by atoms with Crippen LogP contribution in [0.25, 0.3) is 11.1 Å². The van der Waals surface area contributed by atoms with Gasteiger partial charge in [-0.05, 0) is 17.2 Å². The minimum atomic E-state index is -1.63. The summed E-state index contributed by atoms with van der Waals surface area (Å²) in [5.74, 6) is -1.89. The Morgan fingerprint density at radius 2 is 1.97 bits per heavy atom. The molecular weight excluding hydrogens is 425 g/mol. The van der Waals surface area contributed by atoms with Gasteiger partial charge >= 0.3 is 6.03 Å². The van der Waals surface area contributed by atoms with Crippen LogP contribution in [0.2, 0.25) is 5.02 Å². The first-order valence-corrected chi connectivity index (χ1v) is 9.64. The maximum absolute atomic E-state index is 14.2. The summed E-state index contributed by atoms with van der Waals surface area (Å²) in [4.78, 5) is 41.8. The number of nitrogens with zero attached hydrogens (tertiary/aromatic N) is 2. The molecule has 8 nitrogen and oxygen atoms in total. The Morgan fingerprint density at radius 1 is 1.23 bits per heavy atom. The maximum Gasteiger partial charge on any atom is 0.322 e. The molecule has 0 saturated carbocycles. The number of rotatable bonds is 5. The zero-order valence-corrected chi connectivity index (χ0v) is 17.0. The van der Waals surface area contributed by atoms with Crippen molar-refractivity contribution in [3.63, 3.8) is 0 Å². The number of imidazole rings is 1. The molecule has 3 N–H and O–H groups in total. The molecule has 2 aromatic carbocycles. The number of imide groups is 1. The van der Waals surface area contributed by atoms with E-state index in [0.717, 1.165) is 0 Å². The fourth-order valence-corrected chi connectivity index (χ4v) is 3.81. The number of amides is 4. The maximum atomic E-state index is 14.2. The Hall–Kier alpha value is -3.72. The zero-order valence-electron chi connectivity index (χ0n) is 16.3. The van der Waals surface area contributed by atoms with E-state index in [-0.39, 0.29) is 23.0 Å². The monoisotopic (exact) mass is 441 g/mol. The minimum absolute atomic E-state index is 0.0763. The molecule has 1 unspecified atom stereocenters. The fourth-order valence-electron chi connectivity index (χ4n) is 3.56. The molecule has 3 aromatic rings. The highest BCUT2D eigenvalue weighted by molar-refractivity contribution is 6.34. The number of halogens is 2. The number of carbonyl (C=O) groups is 3. The third-order valence-corrected chi connectivity index (χ3v) is 5.43. The summed E-state index contributed by atoms with van der Waals surface area (Å²) in [6, 6.07) is 10.8. The smallest absolute Gasteiger partial charge is 0.322 e. The predicted molar refractivity (Wildman–Crippen MR) is 111 cm³/mol. The molecule has 1 aliphatic heterocycles. The lowest BCUT2D eigenvalue weighted by Gasteiger charge is -2.26. The van der Waals surface area contributed by atoms with Crippen LogP contribution in [-0.2, 0) is 17.4 Å². The lowest BCUT2D eigenvalue weighted by molar-refractivity contribution is -0.124. The molecule has 4 rings (SSSR count). The van der Waals surface area contributed by atoms with E-state index in [9.17, 15) is 18.8 Å². The number of aromatic nitrogens is 2. The average Bonchev–Trinajstić information content (AvgIpc) is 3.31. The Bertz CT molecular complexity index is 1200. The van der Waals surface area contributed by atoms with E-state index < -0.39 is 29.2 Å². The largest absolute Gasteiger partial charge is 0.349 e. The fraction of sp³-hybridized carbons (Fsp3) is 0.143. The molecule has 0 radical (unpaired) electrons. The number of hydrogen-bond acceptors (Lipinski definition) is 4. The van der Waals surface area contributed by atoms with Crippen molar-refractivity contribution in [2.75, 3.05) is 6.54 Å². The van der Waals surface area contributed by atoms with Gasteiger partial charge in [-0.3, -0.25) is 14.9 Å². The molecule has 0 spiro atoms. The van der Waals surface area contributed by atoms with E-state index in [2.05, 4.69) is 20.9 Å². The molecule has 1 aliphatic rings. The number of aryl methyl sites for hydroxylation is 1. The molecule has 158 valence electrons. The van der Waals surface area contributed by atoms with E-state index >= 15 is 0 Å². The predicted octanol–water partition coefficient (Wildman–Crippen LogP) is 2.34. The molecule has 10 heteroatoms. The molecule has 1 atom stereocenters. The lowest BCUT2D eigenvalue weighted by Crippen LogP contribution is -2.54. The Balaban J connectivity index is 1.70. The number of urea groups is 1. The topological polar surface area (TPSA) is 105 Å². The average molecular weight is 442 g/mol. The first kappa shape index (κ1) is 20.5. The Labute approximate surface area is 181 Å². The summed E-state index contributed by atoms with van der Waals surface area (Å²) in [5, 5.41) is 6.96. The van der Waals surface area contributed by atoms with Gasteiger partial charge in [-0.25, -0.2) is 14.2 Å². The second kappa shape index (κ2) is 7.84. The Morgan fingerprint density at radius 3 is 2.58 bits per heavy atom. The van der Waals surface area contributed by atoms with E-state index in [1.807, 2.05) is 6.07 Å². The molecule has 0 aliphatic carbocycles. The van der Waals surface area contributed by atoms with Crippen LogP contribution in [0.15, 0.2) is 54.9 Å². The van der Waals surface area contributed by atoms with Gasteiger partial charge in [-0.1, -0.05) is 48.0 Å². The second-order valence-electron chi connectivity index (χ2n) is 7.01. The SMILES string of the molecule is Cn1ccnc1C1(CNC(=O)c2c(-c3ccccc3)ccc(F)c2Cl)NC(=O)NC1=O. The van der Waals surface area contributed by atoms with Crippen molar-refractivity contribution in [1.82, 2.24) is 25.5 Å². The van der Waals surface area contributed by atoms with Crippen molar-refractivity contribution < 1.29 is 18.8 Å². The summed E-state index contributed by atoms with van der Waals surface area (Å²) >= 11 is 6.15. The van der Waals surface area contributed by atoms with Crippen molar-refractivity contribution in [1.29, 1.82) is 0 Å². The van der Waals surface area contributed by atoms with Crippen molar-refractivity contribution in [2.45, 2.75) is 5.54 Å². The highest BCUT2D eigenvalue weighted by Gasteiger charge is 2.51. The highest BCUT2D eigenvalue weighted by Crippen LogP contribution is 2.31. The molecule has 1 aromatic heterocycles. The summed E-state index contributed by atoms with van der Waals surface area (Å²) in [5.41, 5.74) is -0.610. The lowest BCUT2D eigenvalue weighted by atomic mass is 9.96. The normalized spacial score (nSPS) is 17.9. The zero-order chi connectivity index (χ0) is 22.2. The van der Waals surface area contributed by atoms with Gasteiger partial charge in [0.05, 0.1) is 17.1 Å². The molecular formula is C21H17ClFN5O3. The van der Waals surface area contributed by atoms with Crippen LogP contribution in [0.1, 0.15) is 16.2 Å². The minimum Gasteiger partial charge on any atom is -0.349 e. The number of hydrogen-bond donors (Lipinski definition) is 3. The van der Waals surface area contributed by atoms with Gasteiger partial charge < -0.3 is 15.2 Å². The van der Waals surface area contributed by atoms with Gasteiger partial charge in [0.1, 0.15) is 11.6 Å². The first-order chi connectivity index (χ1) is 14.8. The van der Waals surface area contributed by atoms with Crippen LogP contribution in [0.3, 0.4) is 0 Å². The molecule has 0 bridgehead atoms. The number of nitrogens with one attached hydrogen (secondary N) is 3. The van der Waals surface area contributed by atoms with Gasteiger partial charge in [0, 0.05) is 19.4 Å². The quantitative estimate of drug-likeness (QED) is 0.528. The summed E-state index contributed by atoms with van der Waals surface area (Å²) in [7, 11) is 1.65. The third-order valence-electron chi connectivity index (χ3n) is 5.07. The summed E-state index contributed by atoms with van der Waals surface area (Å²) in [6.45, 7) is -0.324. The standard InChI is InChI=1S/C21H17ClFN5O3/c1-28-10-9-24-18(28)21(19(30)26-20(31)27-21)11-25-17(29)15-13(7-8-14(23)16(15)22)12-5-3-2-4-6-12/h2-10H,11H2,1H3,(H,25,29)(H2,26,27,30,31). The van der Waals surface area contributed by atoms with Crippen molar-refractivity contribution >= 4 is 29.4 Å². The van der Waals surface area contributed by atoms with Crippen molar-refractivity contribution in [2.24, 2.45) is 7.05 Å². The Kier molecular flexibility index (Phi) is 5.20. The van der Waals surface area contributed by atoms with Crippen molar-refractivity contribution in [3.05, 3.63) is 77.1 Å².